The van der Waals surface area contributed by atoms with Gasteiger partial charge >= 0.3 is 0 Å². The number of sulfonamides is 1. The second-order valence-corrected chi connectivity index (χ2v) is 8.46. The molecule has 2 aromatic carbocycles. The highest BCUT2D eigenvalue weighted by atomic mass is 35.5. The molecule has 1 N–H and O–H groups in total. The van der Waals surface area contributed by atoms with Crippen molar-refractivity contribution in [1.82, 2.24) is 0 Å². The third kappa shape index (κ3) is 3.81. The van der Waals surface area contributed by atoms with E-state index in [0.717, 1.165) is 5.56 Å². The summed E-state index contributed by atoms with van der Waals surface area (Å²) >= 11 is 5.79. The van der Waals surface area contributed by atoms with Crippen LogP contribution < -0.4 is 4.72 Å². The van der Waals surface area contributed by atoms with Crippen molar-refractivity contribution in [3.63, 3.8) is 0 Å². The zero-order valence-corrected chi connectivity index (χ0v) is 14.7. The molecule has 0 fully saturated rings. The van der Waals surface area contributed by atoms with Crippen LogP contribution in [0.1, 0.15) is 31.9 Å². The molecular formula is C17H20ClNO2S. The Morgan fingerprint density at radius 3 is 2.09 bits per heavy atom. The highest BCUT2D eigenvalue weighted by Gasteiger charge is 2.18. The van der Waals surface area contributed by atoms with Gasteiger partial charge in [0, 0.05) is 5.02 Å². The standard InChI is InChI=1S/C17H20ClNO2S/c1-12-11-13(17(2,3)4)5-10-16(12)19-22(20,21)15-8-6-14(18)7-9-15/h5-11,19H,1-4H3. The van der Waals surface area contributed by atoms with E-state index >= 15 is 0 Å². The van der Waals surface area contributed by atoms with Crippen molar-refractivity contribution < 1.29 is 8.42 Å². The van der Waals surface area contributed by atoms with Gasteiger partial charge in [-0.3, -0.25) is 4.72 Å². The summed E-state index contributed by atoms with van der Waals surface area (Å²) < 4.78 is 27.4. The first kappa shape index (κ1) is 16.8. The van der Waals surface area contributed by atoms with Gasteiger partial charge in [-0.15, -0.1) is 0 Å². The molecule has 0 radical (unpaired) electrons. The Morgan fingerprint density at radius 1 is 1.00 bits per heavy atom. The molecule has 3 nitrogen and oxygen atoms in total. The fourth-order valence-electron chi connectivity index (χ4n) is 2.06. The quantitative estimate of drug-likeness (QED) is 0.878. The second kappa shape index (κ2) is 5.94. The molecule has 0 saturated carbocycles. The number of rotatable bonds is 3. The Morgan fingerprint density at radius 2 is 1.59 bits per heavy atom. The Labute approximate surface area is 137 Å². The molecule has 0 aliphatic heterocycles. The molecular weight excluding hydrogens is 318 g/mol. The zero-order valence-electron chi connectivity index (χ0n) is 13.1. The molecule has 0 heterocycles. The lowest BCUT2D eigenvalue weighted by molar-refractivity contribution is 0.590. The monoisotopic (exact) mass is 337 g/mol. The normalized spacial score (nSPS) is 12.2. The number of anilines is 1. The van der Waals surface area contributed by atoms with Gasteiger partial charge in [-0.1, -0.05) is 44.5 Å². The summed E-state index contributed by atoms with van der Waals surface area (Å²) in [7, 11) is -3.61. The summed E-state index contributed by atoms with van der Waals surface area (Å²) in [6.07, 6.45) is 0. The first-order chi connectivity index (χ1) is 10.1. The lowest BCUT2D eigenvalue weighted by atomic mass is 9.86. The Hall–Kier alpha value is -1.52. The molecule has 2 rings (SSSR count). The number of halogens is 1. The largest absolute Gasteiger partial charge is 0.279 e. The predicted molar refractivity (Wildman–Crippen MR) is 92.1 cm³/mol. The van der Waals surface area contributed by atoms with Crippen LogP contribution >= 0.6 is 11.6 Å². The summed E-state index contributed by atoms with van der Waals surface area (Å²) in [6.45, 7) is 8.27. The van der Waals surface area contributed by atoms with Crippen LogP contribution in [0.3, 0.4) is 0 Å². The van der Waals surface area contributed by atoms with Gasteiger partial charge in [-0.2, -0.15) is 0 Å². The van der Waals surface area contributed by atoms with Crippen LogP contribution in [0, 0.1) is 6.92 Å². The van der Waals surface area contributed by atoms with Gasteiger partial charge in [-0.05, 0) is 53.8 Å². The van der Waals surface area contributed by atoms with E-state index in [1.165, 1.54) is 17.7 Å². The lowest BCUT2D eigenvalue weighted by Gasteiger charge is -2.21. The molecule has 0 aliphatic carbocycles. The minimum atomic E-state index is -3.61. The van der Waals surface area contributed by atoms with Crippen molar-refractivity contribution in [1.29, 1.82) is 0 Å². The van der Waals surface area contributed by atoms with Crippen molar-refractivity contribution >= 4 is 27.3 Å². The summed E-state index contributed by atoms with van der Waals surface area (Å²) in [5, 5.41) is 0.504. The van der Waals surface area contributed by atoms with Crippen LogP contribution in [0.4, 0.5) is 5.69 Å². The maximum Gasteiger partial charge on any atom is 0.261 e. The van der Waals surface area contributed by atoms with E-state index in [0.29, 0.717) is 10.7 Å². The number of hydrogen-bond acceptors (Lipinski definition) is 2. The molecule has 0 atom stereocenters. The Bertz CT molecular complexity index is 775. The van der Waals surface area contributed by atoms with Crippen molar-refractivity contribution in [3.05, 3.63) is 58.6 Å². The SMILES string of the molecule is Cc1cc(C(C)(C)C)ccc1NS(=O)(=O)c1ccc(Cl)cc1. The number of aryl methyl sites for hydroxylation is 1. The summed E-state index contributed by atoms with van der Waals surface area (Å²) in [4.78, 5) is 0.191. The highest BCUT2D eigenvalue weighted by molar-refractivity contribution is 7.92. The number of hydrogen-bond donors (Lipinski definition) is 1. The third-order valence-corrected chi connectivity index (χ3v) is 5.09. The minimum Gasteiger partial charge on any atom is -0.279 e. The summed E-state index contributed by atoms with van der Waals surface area (Å²) in [5.41, 5.74) is 2.67. The van der Waals surface area contributed by atoms with E-state index in [1.54, 1.807) is 12.1 Å². The van der Waals surface area contributed by atoms with Crippen molar-refractivity contribution in [2.45, 2.75) is 38.0 Å². The first-order valence-corrected chi connectivity index (χ1v) is 8.85. The number of benzene rings is 2. The Kier molecular flexibility index (Phi) is 4.54. The van der Waals surface area contributed by atoms with E-state index in [2.05, 4.69) is 25.5 Å². The van der Waals surface area contributed by atoms with Crippen molar-refractivity contribution in [3.8, 4) is 0 Å². The van der Waals surface area contributed by atoms with E-state index < -0.39 is 10.0 Å². The fraction of sp³-hybridized carbons (Fsp3) is 0.294. The zero-order chi connectivity index (χ0) is 16.5. The van der Waals surface area contributed by atoms with Gasteiger partial charge in [0.1, 0.15) is 0 Å². The third-order valence-electron chi connectivity index (χ3n) is 3.46. The fourth-order valence-corrected chi connectivity index (χ4v) is 3.32. The highest BCUT2D eigenvalue weighted by Crippen LogP contribution is 2.27. The van der Waals surface area contributed by atoms with E-state index in [9.17, 15) is 8.42 Å². The van der Waals surface area contributed by atoms with Gasteiger partial charge in [-0.25, -0.2) is 8.42 Å². The van der Waals surface area contributed by atoms with Crippen molar-refractivity contribution in [2.75, 3.05) is 4.72 Å². The summed E-state index contributed by atoms with van der Waals surface area (Å²) in [6, 6.07) is 11.9. The molecule has 0 amide bonds. The van der Waals surface area contributed by atoms with Gasteiger partial charge in [0.2, 0.25) is 0 Å². The number of nitrogens with one attached hydrogen (secondary N) is 1. The molecule has 5 heteroatoms. The second-order valence-electron chi connectivity index (χ2n) is 6.34. The van der Waals surface area contributed by atoms with Crippen LogP contribution in [0.5, 0.6) is 0 Å². The lowest BCUT2D eigenvalue weighted by Crippen LogP contribution is -2.15. The smallest absolute Gasteiger partial charge is 0.261 e. The molecule has 22 heavy (non-hydrogen) atoms. The Balaban J connectivity index is 2.32. The first-order valence-electron chi connectivity index (χ1n) is 6.99. The van der Waals surface area contributed by atoms with Gasteiger partial charge in [0.15, 0.2) is 0 Å². The van der Waals surface area contributed by atoms with Crippen LogP contribution in [-0.4, -0.2) is 8.42 Å². The van der Waals surface area contributed by atoms with Crippen LogP contribution in [0.2, 0.25) is 5.02 Å². The van der Waals surface area contributed by atoms with Gasteiger partial charge in [0.05, 0.1) is 10.6 Å². The predicted octanol–water partition coefficient (Wildman–Crippen LogP) is 4.75. The van der Waals surface area contributed by atoms with Crippen LogP contribution in [0.25, 0.3) is 0 Å². The maximum atomic E-state index is 12.4. The minimum absolute atomic E-state index is 0.0261. The maximum absolute atomic E-state index is 12.4. The van der Waals surface area contributed by atoms with Gasteiger partial charge in [0.25, 0.3) is 10.0 Å². The van der Waals surface area contributed by atoms with E-state index in [-0.39, 0.29) is 10.3 Å². The molecule has 0 spiro atoms. The molecule has 0 aromatic heterocycles. The van der Waals surface area contributed by atoms with Crippen LogP contribution in [-0.2, 0) is 15.4 Å². The topological polar surface area (TPSA) is 46.2 Å². The van der Waals surface area contributed by atoms with Crippen LogP contribution in [0.15, 0.2) is 47.4 Å². The molecule has 0 saturated heterocycles. The average Bonchev–Trinajstić information content (AvgIpc) is 2.40. The molecule has 0 bridgehead atoms. The molecule has 0 unspecified atom stereocenters. The average molecular weight is 338 g/mol. The molecule has 118 valence electrons. The van der Waals surface area contributed by atoms with Crippen molar-refractivity contribution in [2.24, 2.45) is 0 Å². The summed E-state index contributed by atoms with van der Waals surface area (Å²) in [5.74, 6) is 0. The van der Waals surface area contributed by atoms with E-state index in [4.69, 9.17) is 11.6 Å². The molecule has 2 aromatic rings. The van der Waals surface area contributed by atoms with Gasteiger partial charge < -0.3 is 0 Å². The molecule has 0 aliphatic rings. The van der Waals surface area contributed by atoms with E-state index in [1.807, 2.05) is 25.1 Å².